The average molecular weight is 665 g/mol. The lowest BCUT2D eigenvalue weighted by molar-refractivity contribution is 1.07. The molecule has 0 atom stereocenters. The van der Waals surface area contributed by atoms with Crippen molar-refractivity contribution in [3.8, 4) is 78.8 Å². The zero-order valence-corrected chi connectivity index (χ0v) is 28.3. The molecule has 9 aromatic rings. The van der Waals surface area contributed by atoms with E-state index in [1.165, 1.54) is 0 Å². The molecule has 0 saturated carbocycles. The Hall–Kier alpha value is -7.04. The predicted molar refractivity (Wildman–Crippen MR) is 213 cm³/mol. The lowest BCUT2D eigenvalue weighted by Gasteiger charge is -2.14. The minimum Gasteiger partial charge on any atom is -0.256 e. The highest BCUT2D eigenvalue weighted by Gasteiger charge is 2.17. The van der Waals surface area contributed by atoms with Gasteiger partial charge in [-0.15, -0.1) is 0 Å². The number of fused-ring (bicyclic) bond motifs is 1. The molecular weight excluding hydrogens is 633 g/mol. The van der Waals surface area contributed by atoms with E-state index < -0.39 is 0 Å². The fourth-order valence-electron chi connectivity index (χ4n) is 6.71. The summed E-state index contributed by atoms with van der Waals surface area (Å²) >= 11 is 0. The molecule has 0 unspecified atom stereocenters. The first-order chi connectivity index (χ1) is 25.7. The van der Waals surface area contributed by atoms with Crippen LogP contribution in [0.1, 0.15) is 0 Å². The quantitative estimate of drug-likeness (QED) is 0.170. The van der Waals surface area contributed by atoms with Gasteiger partial charge in [0.25, 0.3) is 0 Å². The van der Waals surface area contributed by atoms with Gasteiger partial charge in [-0.25, -0.2) is 15.0 Å². The van der Waals surface area contributed by atoms with Crippen LogP contribution in [0.25, 0.3) is 89.6 Å². The fraction of sp³-hybridized carbons (Fsp3) is 0. The Morgan fingerprint density at radius 1 is 0.269 bits per heavy atom. The van der Waals surface area contributed by atoms with Gasteiger partial charge in [0.1, 0.15) is 0 Å². The highest BCUT2D eigenvalue weighted by atomic mass is 15.0. The predicted octanol–water partition coefficient (Wildman–Crippen LogP) is 12.1. The van der Waals surface area contributed by atoms with Gasteiger partial charge < -0.3 is 0 Å². The number of benzene rings is 7. The molecular formula is C48H32N4. The summed E-state index contributed by atoms with van der Waals surface area (Å²) < 4.78 is 0. The second kappa shape index (κ2) is 13.7. The summed E-state index contributed by atoms with van der Waals surface area (Å²) in [6, 6.07) is 65.0. The molecule has 2 aromatic heterocycles. The van der Waals surface area contributed by atoms with E-state index in [0.29, 0.717) is 17.5 Å². The number of rotatable bonds is 7. The summed E-state index contributed by atoms with van der Waals surface area (Å²) in [5.74, 6) is 1.81. The number of aromatic nitrogens is 4. The van der Waals surface area contributed by atoms with Gasteiger partial charge in [-0.3, -0.25) is 4.98 Å². The lowest BCUT2D eigenvalue weighted by atomic mass is 9.95. The van der Waals surface area contributed by atoms with E-state index in [9.17, 15) is 0 Å². The van der Waals surface area contributed by atoms with Crippen molar-refractivity contribution >= 4 is 10.8 Å². The van der Waals surface area contributed by atoms with Crippen LogP contribution in [0.4, 0.5) is 0 Å². The minimum absolute atomic E-state index is 0.594. The van der Waals surface area contributed by atoms with Gasteiger partial charge in [-0.1, -0.05) is 158 Å². The molecule has 0 amide bonds. The van der Waals surface area contributed by atoms with Crippen LogP contribution in [-0.2, 0) is 0 Å². The Labute approximate surface area is 302 Å². The third kappa shape index (κ3) is 6.26. The monoisotopic (exact) mass is 664 g/mol. The maximum Gasteiger partial charge on any atom is 0.164 e. The number of pyridine rings is 1. The van der Waals surface area contributed by atoms with Crippen LogP contribution in [0.3, 0.4) is 0 Å². The van der Waals surface area contributed by atoms with Gasteiger partial charge in [0.15, 0.2) is 17.5 Å². The van der Waals surface area contributed by atoms with E-state index in [-0.39, 0.29) is 0 Å². The summed E-state index contributed by atoms with van der Waals surface area (Å²) in [6.45, 7) is 0. The van der Waals surface area contributed by atoms with Gasteiger partial charge >= 0.3 is 0 Å². The Morgan fingerprint density at radius 3 is 1.40 bits per heavy atom. The Balaban J connectivity index is 1.25. The standard InChI is InChI=1S/C48H32N4/c1-4-15-33(16-5-1)40-28-41(34-17-6-2-7-18-34)30-42(29-40)47-50-46(51-48(52-47)44-26-13-12-25-43(44)35-19-8-3-9-20-35)38-24-14-23-37(27-38)45-31-36-21-10-11-22-39(36)32-49-45/h1-32H. The van der Waals surface area contributed by atoms with E-state index in [0.717, 1.165) is 72.1 Å². The summed E-state index contributed by atoms with van der Waals surface area (Å²) in [7, 11) is 0. The maximum absolute atomic E-state index is 5.24. The van der Waals surface area contributed by atoms with E-state index in [1.54, 1.807) is 0 Å². The largest absolute Gasteiger partial charge is 0.256 e. The lowest BCUT2D eigenvalue weighted by Crippen LogP contribution is -2.01. The highest BCUT2D eigenvalue weighted by Crippen LogP contribution is 2.36. The third-order valence-corrected chi connectivity index (χ3v) is 9.34. The SMILES string of the molecule is c1ccc(-c2cc(-c3ccccc3)cc(-c3nc(-c4cccc(-c5cc6ccccc6cn5)c4)nc(-c4ccccc4-c4ccccc4)n3)c2)cc1. The van der Waals surface area contributed by atoms with Crippen LogP contribution in [0, 0.1) is 0 Å². The van der Waals surface area contributed by atoms with Crippen LogP contribution in [0.15, 0.2) is 194 Å². The summed E-state index contributed by atoms with van der Waals surface area (Å²) in [5.41, 5.74) is 11.2. The van der Waals surface area contributed by atoms with Crippen molar-refractivity contribution in [2.45, 2.75) is 0 Å². The summed E-state index contributed by atoms with van der Waals surface area (Å²) in [6.07, 6.45) is 1.93. The van der Waals surface area contributed by atoms with Gasteiger partial charge in [0.2, 0.25) is 0 Å². The molecule has 0 aliphatic rings. The van der Waals surface area contributed by atoms with Crippen molar-refractivity contribution in [2.24, 2.45) is 0 Å². The van der Waals surface area contributed by atoms with Crippen LogP contribution in [0.2, 0.25) is 0 Å². The summed E-state index contributed by atoms with van der Waals surface area (Å²) in [5, 5.41) is 2.26. The van der Waals surface area contributed by atoms with Crippen molar-refractivity contribution < 1.29 is 0 Å². The molecule has 4 nitrogen and oxygen atoms in total. The van der Waals surface area contributed by atoms with Gasteiger partial charge in [0, 0.05) is 33.8 Å². The molecule has 7 aromatic carbocycles. The Morgan fingerprint density at radius 2 is 0.731 bits per heavy atom. The first-order valence-corrected chi connectivity index (χ1v) is 17.4. The molecule has 0 fully saturated rings. The second-order valence-corrected chi connectivity index (χ2v) is 12.7. The topological polar surface area (TPSA) is 51.6 Å². The van der Waals surface area contributed by atoms with Gasteiger partial charge in [-0.2, -0.15) is 0 Å². The minimum atomic E-state index is 0.594. The smallest absolute Gasteiger partial charge is 0.164 e. The van der Waals surface area contributed by atoms with E-state index in [2.05, 4.69) is 152 Å². The molecule has 2 heterocycles. The van der Waals surface area contributed by atoms with E-state index in [4.69, 9.17) is 19.9 Å². The molecule has 244 valence electrons. The second-order valence-electron chi connectivity index (χ2n) is 12.7. The molecule has 9 rings (SSSR count). The van der Waals surface area contributed by atoms with Crippen molar-refractivity contribution in [3.63, 3.8) is 0 Å². The van der Waals surface area contributed by atoms with Crippen LogP contribution in [0.5, 0.6) is 0 Å². The molecule has 0 saturated heterocycles. The van der Waals surface area contributed by atoms with Crippen LogP contribution < -0.4 is 0 Å². The zero-order chi connectivity index (χ0) is 34.7. The van der Waals surface area contributed by atoms with Gasteiger partial charge in [-0.05, 0) is 69.1 Å². The third-order valence-electron chi connectivity index (χ3n) is 9.34. The van der Waals surface area contributed by atoms with E-state index >= 15 is 0 Å². The zero-order valence-electron chi connectivity index (χ0n) is 28.3. The molecule has 0 radical (unpaired) electrons. The average Bonchev–Trinajstić information content (AvgIpc) is 3.24. The molecule has 0 aliphatic carbocycles. The highest BCUT2D eigenvalue weighted by molar-refractivity contribution is 5.86. The first kappa shape index (κ1) is 31.0. The van der Waals surface area contributed by atoms with Gasteiger partial charge in [0.05, 0.1) is 5.69 Å². The molecule has 0 spiro atoms. The van der Waals surface area contributed by atoms with E-state index in [1.807, 2.05) is 42.6 Å². The van der Waals surface area contributed by atoms with Crippen LogP contribution in [-0.4, -0.2) is 19.9 Å². The molecule has 0 bridgehead atoms. The number of hydrogen-bond acceptors (Lipinski definition) is 4. The normalized spacial score (nSPS) is 11.1. The fourth-order valence-corrected chi connectivity index (χ4v) is 6.71. The molecule has 0 N–H and O–H groups in total. The van der Waals surface area contributed by atoms with Crippen molar-refractivity contribution in [1.82, 2.24) is 19.9 Å². The molecule has 4 heteroatoms. The number of hydrogen-bond donors (Lipinski definition) is 0. The Bertz CT molecular complexity index is 2610. The summed E-state index contributed by atoms with van der Waals surface area (Å²) in [4.78, 5) is 20.4. The maximum atomic E-state index is 5.24. The van der Waals surface area contributed by atoms with Crippen LogP contribution >= 0.6 is 0 Å². The van der Waals surface area contributed by atoms with Crippen molar-refractivity contribution in [3.05, 3.63) is 194 Å². The molecule has 52 heavy (non-hydrogen) atoms. The van der Waals surface area contributed by atoms with Crippen molar-refractivity contribution in [2.75, 3.05) is 0 Å². The van der Waals surface area contributed by atoms with Crippen molar-refractivity contribution in [1.29, 1.82) is 0 Å². The Kier molecular flexibility index (Phi) is 8.16. The first-order valence-electron chi connectivity index (χ1n) is 17.4. The number of nitrogens with zero attached hydrogens (tertiary/aromatic N) is 4. The molecule has 0 aliphatic heterocycles.